The molecule has 1 heterocycles. The van der Waals surface area contributed by atoms with E-state index in [0.717, 1.165) is 24.2 Å². The lowest BCUT2D eigenvalue weighted by molar-refractivity contribution is -0.140. The molecule has 1 aromatic carbocycles. The third kappa shape index (κ3) is 3.75. The molecule has 1 saturated carbocycles. The van der Waals surface area contributed by atoms with Crippen LogP contribution in [0.25, 0.3) is 0 Å². The van der Waals surface area contributed by atoms with Crippen molar-refractivity contribution in [3.05, 3.63) is 28.8 Å². The predicted octanol–water partition coefficient (Wildman–Crippen LogP) is 2.23. The molecule has 0 aromatic heterocycles. The van der Waals surface area contributed by atoms with Gasteiger partial charge in [0, 0.05) is 35.8 Å². The van der Waals surface area contributed by atoms with Crippen LogP contribution in [0.2, 0.25) is 5.02 Å². The van der Waals surface area contributed by atoms with Gasteiger partial charge in [-0.3, -0.25) is 9.59 Å². The van der Waals surface area contributed by atoms with Crippen molar-refractivity contribution in [1.29, 1.82) is 0 Å². The van der Waals surface area contributed by atoms with Gasteiger partial charge in [-0.25, -0.2) is 0 Å². The Balaban J connectivity index is 1.79. The van der Waals surface area contributed by atoms with Crippen LogP contribution in [-0.4, -0.2) is 43.9 Å². The van der Waals surface area contributed by atoms with Crippen LogP contribution in [0.5, 0.6) is 5.75 Å². The van der Waals surface area contributed by atoms with Crippen LogP contribution >= 0.6 is 11.6 Å². The molecule has 6 nitrogen and oxygen atoms in total. The number of nitrogens with one attached hydrogen (secondary N) is 1. The molecular weight excluding hydrogens is 346 g/mol. The first-order chi connectivity index (χ1) is 12.0. The van der Waals surface area contributed by atoms with E-state index in [1.165, 1.54) is 0 Å². The average molecular weight is 368 g/mol. The van der Waals surface area contributed by atoms with E-state index in [1.54, 1.807) is 13.2 Å². The Hall–Kier alpha value is -1.79. The molecule has 2 fully saturated rings. The molecule has 1 amide bonds. The largest absolute Gasteiger partial charge is 0.496 e. The second kappa shape index (κ2) is 7.22. The molecule has 0 unspecified atom stereocenters. The minimum Gasteiger partial charge on any atom is -0.496 e. The molecule has 1 aromatic rings. The van der Waals surface area contributed by atoms with Gasteiger partial charge >= 0.3 is 5.97 Å². The number of rotatable bonds is 6. The Kier molecular flexibility index (Phi) is 5.20. The van der Waals surface area contributed by atoms with E-state index in [4.69, 9.17) is 26.2 Å². The first-order valence-corrected chi connectivity index (χ1v) is 8.77. The van der Waals surface area contributed by atoms with Crippen LogP contribution < -0.4 is 10.1 Å². The summed E-state index contributed by atoms with van der Waals surface area (Å²) in [6.45, 7) is 1.59. The van der Waals surface area contributed by atoms with Gasteiger partial charge < -0.3 is 19.9 Å². The first-order valence-electron chi connectivity index (χ1n) is 8.39. The van der Waals surface area contributed by atoms with Crippen LogP contribution in [0.15, 0.2) is 18.2 Å². The molecule has 7 heteroatoms. The first kappa shape index (κ1) is 18.0. The Bertz CT molecular complexity index is 671. The molecule has 1 saturated heterocycles. The van der Waals surface area contributed by atoms with Gasteiger partial charge in [-0.15, -0.1) is 0 Å². The molecule has 2 N–H and O–H groups in total. The molecule has 1 aliphatic heterocycles. The van der Waals surface area contributed by atoms with Gasteiger partial charge in [-0.05, 0) is 37.5 Å². The molecule has 3 rings (SSSR count). The summed E-state index contributed by atoms with van der Waals surface area (Å²) in [5.41, 5.74) is 0.620. The number of hydrogen-bond donors (Lipinski definition) is 2. The normalized spacial score (nSPS) is 24.4. The maximum Gasteiger partial charge on any atom is 0.307 e. The molecule has 0 radical (unpaired) electrons. The number of carboxylic acid groups (broad SMARTS) is 1. The molecule has 0 bridgehead atoms. The van der Waals surface area contributed by atoms with E-state index >= 15 is 0 Å². The zero-order valence-electron chi connectivity index (χ0n) is 14.1. The molecule has 2 atom stereocenters. The number of methoxy groups -OCH3 is 1. The van der Waals surface area contributed by atoms with Crippen molar-refractivity contribution in [2.75, 3.05) is 26.9 Å². The van der Waals surface area contributed by atoms with E-state index in [2.05, 4.69) is 5.32 Å². The SMILES string of the molecule is COc1ccc(Cl)cc1C1(CNC(=O)[C@H]2C[C@H]2C(=O)O)CCOCC1. The number of halogens is 1. The third-order valence-electron chi connectivity index (χ3n) is 5.23. The third-order valence-corrected chi connectivity index (χ3v) is 5.46. The van der Waals surface area contributed by atoms with Crippen molar-refractivity contribution in [3.63, 3.8) is 0 Å². The van der Waals surface area contributed by atoms with E-state index in [-0.39, 0.29) is 11.3 Å². The number of ether oxygens (including phenoxy) is 2. The van der Waals surface area contributed by atoms with Crippen LogP contribution in [0.1, 0.15) is 24.8 Å². The summed E-state index contributed by atoms with van der Waals surface area (Å²) < 4.78 is 11.0. The zero-order valence-corrected chi connectivity index (χ0v) is 14.8. The van der Waals surface area contributed by atoms with Gasteiger partial charge in [-0.1, -0.05) is 11.6 Å². The molecule has 2 aliphatic rings. The Morgan fingerprint density at radius 3 is 2.68 bits per heavy atom. The molecule has 136 valence electrons. The quantitative estimate of drug-likeness (QED) is 0.805. The van der Waals surface area contributed by atoms with Crippen LogP contribution in [0.4, 0.5) is 0 Å². The summed E-state index contributed by atoms with van der Waals surface area (Å²) >= 11 is 6.19. The van der Waals surface area contributed by atoms with Crippen molar-refractivity contribution in [2.24, 2.45) is 11.8 Å². The van der Waals surface area contributed by atoms with Crippen molar-refractivity contribution in [2.45, 2.75) is 24.7 Å². The van der Waals surface area contributed by atoms with Crippen molar-refractivity contribution in [1.82, 2.24) is 5.32 Å². The zero-order chi connectivity index (χ0) is 18.0. The standard InChI is InChI=1S/C18H22ClNO5/c1-24-15-3-2-11(19)8-14(15)18(4-6-25-7-5-18)10-20-16(21)12-9-13(12)17(22)23/h2-3,8,12-13H,4-7,9-10H2,1H3,(H,20,21)(H,22,23)/t12-,13+/m0/s1. The van der Waals surface area contributed by atoms with Crippen LogP contribution in [0.3, 0.4) is 0 Å². The monoisotopic (exact) mass is 367 g/mol. The molecule has 1 aliphatic carbocycles. The van der Waals surface area contributed by atoms with Crippen molar-refractivity contribution < 1.29 is 24.2 Å². The van der Waals surface area contributed by atoms with Gasteiger partial charge in [0.1, 0.15) is 5.75 Å². The predicted molar refractivity (Wildman–Crippen MR) is 92.0 cm³/mol. The lowest BCUT2D eigenvalue weighted by Crippen LogP contribution is -2.45. The highest BCUT2D eigenvalue weighted by molar-refractivity contribution is 6.30. The number of carboxylic acids is 1. The fourth-order valence-corrected chi connectivity index (χ4v) is 3.72. The van der Waals surface area contributed by atoms with Gasteiger partial charge in [-0.2, -0.15) is 0 Å². The van der Waals surface area contributed by atoms with Gasteiger partial charge in [0.2, 0.25) is 5.91 Å². The number of carbonyl (C=O) groups is 2. The maximum absolute atomic E-state index is 12.3. The lowest BCUT2D eigenvalue weighted by atomic mass is 9.73. The second-order valence-electron chi connectivity index (χ2n) is 6.74. The minimum atomic E-state index is -0.905. The van der Waals surface area contributed by atoms with E-state index in [9.17, 15) is 9.59 Å². The van der Waals surface area contributed by atoms with Crippen LogP contribution in [-0.2, 0) is 19.7 Å². The fourth-order valence-electron chi connectivity index (χ4n) is 3.54. The Morgan fingerprint density at radius 1 is 1.36 bits per heavy atom. The molecular formula is C18H22ClNO5. The fraction of sp³-hybridized carbons (Fsp3) is 0.556. The summed E-state index contributed by atoms with van der Waals surface area (Å²) in [5.74, 6) is -1.34. The number of amides is 1. The van der Waals surface area contributed by atoms with Crippen molar-refractivity contribution >= 4 is 23.5 Å². The van der Waals surface area contributed by atoms with Crippen molar-refractivity contribution in [3.8, 4) is 5.75 Å². The maximum atomic E-state index is 12.3. The number of aliphatic carboxylic acids is 1. The smallest absolute Gasteiger partial charge is 0.307 e. The summed E-state index contributed by atoms with van der Waals surface area (Å²) in [6.07, 6.45) is 1.88. The number of benzene rings is 1. The highest BCUT2D eigenvalue weighted by Crippen LogP contribution is 2.42. The Labute approximate surface area is 151 Å². The summed E-state index contributed by atoms with van der Waals surface area (Å²) in [7, 11) is 1.61. The lowest BCUT2D eigenvalue weighted by Gasteiger charge is -2.38. The Morgan fingerprint density at radius 2 is 2.08 bits per heavy atom. The molecule has 25 heavy (non-hydrogen) atoms. The van der Waals surface area contributed by atoms with Gasteiger partial charge in [0.15, 0.2) is 0 Å². The van der Waals surface area contributed by atoms with Crippen LogP contribution in [0, 0.1) is 11.8 Å². The van der Waals surface area contributed by atoms with Gasteiger partial charge in [0.25, 0.3) is 0 Å². The van der Waals surface area contributed by atoms with E-state index in [1.807, 2.05) is 12.1 Å². The average Bonchev–Trinajstić information content (AvgIpc) is 3.41. The van der Waals surface area contributed by atoms with E-state index < -0.39 is 17.8 Å². The summed E-state index contributed by atoms with van der Waals surface area (Å²) in [6, 6.07) is 5.49. The second-order valence-corrected chi connectivity index (χ2v) is 7.18. The summed E-state index contributed by atoms with van der Waals surface area (Å²) in [4.78, 5) is 23.3. The van der Waals surface area contributed by atoms with E-state index in [0.29, 0.717) is 31.2 Å². The molecule has 0 spiro atoms. The van der Waals surface area contributed by atoms with Gasteiger partial charge in [0.05, 0.1) is 18.9 Å². The topological polar surface area (TPSA) is 84.9 Å². The number of hydrogen-bond acceptors (Lipinski definition) is 4. The highest BCUT2D eigenvalue weighted by Gasteiger charge is 2.49. The highest BCUT2D eigenvalue weighted by atomic mass is 35.5. The minimum absolute atomic E-state index is 0.195. The number of carbonyl (C=O) groups excluding carboxylic acids is 1. The summed E-state index contributed by atoms with van der Waals surface area (Å²) in [5, 5.41) is 12.6.